The Kier molecular flexibility index (Phi) is 7.49. The first-order valence-corrected chi connectivity index (χ1v) is 13.9. The van der Waals surface area contributed by atoms with Crippen LogP contribution in [0.3, 0.4) is 0 Å². The first-order chi connectivity index (χ1) is 17.8. The summed E-state index contributed by atoms with van der Waals surface area (Å²) in [6.07, 6.45) is 4.10. The summed E-state index contributed by atoms with van der Waals surface area (Å²) in [5.74, 6) is -3.22. The van der Waals surface area contributed by atoms with Crippen LogP contribution in [-0.4, -0.2) is 55.5 Å². The van der Waals surface area contributed by atoms with Gasteiger partial charge in [-0.25, -0.2) is 13.2 Å². The minimum atomic E-state index is -2.72. The average molecular weight is 535 g/mol. The molecule has 2 heterocycles. The fourth-order valence-corrected chi connectivity index (χ4v) is 5.74. The molecule has 1 spiro atoms. The van der Waals surface area contributed by atoms with Gasteiger partial charge in [0.1, 0.15) is 0 Å². The highest BCUT2D eigenvalue weighted by molar-refractivity contribution is 8.00. The highest BCUT2D eigenvalue weighted by atomic mass is 32.2. The fourth-order valence-electron chi connectivity index (χ4n) is 5.25. The van der Waals surface area contributed by atoms with Gasteiger partial charge in [-0.05, 0) is 61.4 Å². The van der Waals surface area contributed by atoms with Gasteiger partial charge in [-0.15, -0.1) is 0 Å². The van der Waals surface area contributed by atoms with Crippen molar-refractivity contribution >= 4 is 40.6 Å². The van der Waals surface area contributed by atoms with Gasteiger partial charge in [0, 0.05) is 50.5 Å². The van der Waals surface area contributed by atoms with E-state index < -0.39 is 17.6 Å². The first kappa shape index (κ1) is 26.0. The van der Waals surface area contributed by atoms with Crippen LogP contribution in [0.1, 0.15) is 48.9 Å². The second kappa shape index (κ2) is 10.6. The molecule has 6 nitrogen and oxygen atoms in total. The maximum atomic E-state index is 15.4. The normalized spacial score (nSPS) is 20.1. The van der Waals surface area contributed by atoms with Gasteiger partial charge in [-0.3, -0.25) is 4.79 Å². The molecule has 2 aromatic rings. The van der Waals surface area contributed by atoms with Gasteiger partial charge in [-0.1, -0.05) is 18.0 Å². The number of nitrogens with zero attached hydrogens (tertiary/aromatic N) is 2. The van der Waals surface area contributed by atoms with Crippen LogP contribution in [0.2, 0.25) is 0 Å². The molecule has 0 radical (unpaired) electrons. The van der Waals surface area contributed by atoms with Gasteiger partial charge in [0.2, 0.25) is 0 Å². The molecule has 2 aromatic carbocycles. The number of carbonyl (C=O) groups is 1. The monoisotopic (exact) mass is 534 g/mol. The number of amides is 1. The number of piperidine rings is 2. The average Bonchev–Trinajstić information content (AvgIpc) is 3.64. The van der Waals surface area contributed by atoms with Gasteiger partial charge in [-0.2, -0.15) is 0 Å². The van der Waals surface area contributed by atoms with Gasteiger partial charge in [0.15, 0.2) is 5.82 Å². The van der Waals surface area contributed by atoms with Crippen LogP contribution < -0.4 is 19.8 Å². The SMILES string of the molecule is O=C(Nc1cccc(N2CCC(F)(F)CC2)c1F)c1ccc(NSCCO)cc1N1CCC2(CC1)CC2. The highest BCUT2D eigenvalue weighted by Gasteiger charge is 2.44. The molecular weight excluding hydrogens is 501 g/mol. The van der Waals surface area contributed by atoms with Crippen molar-refractivity contribution in [3.8, 4) is 0 Å². The minimum Gasteiger partial charge on any atom is -0.395 e. The molecule has 2 aliphatic heterocycles. The lowest BCUT2D eigenvalue weighted by Gasteiger charge is -2.35. The predicted octanol–water partition coefficient (Wildman–Crippen LogP) is 5.75. The van der Waals surface area contributed by atoms with Crippen LogP contribution in [0.4, 0.5) is 35.9 Å². The van der Waals surface area contributed by atoms with Crippen LogP contribution >= 0.6 is 11.9 Å². The lowest BCUT2D eigenvalue weighted by Crippen LogP contribution is -2.39. The zero-order valence-corrected chi connectivity index (χ0v) is 21.6. The number of aliphatic hydroxyl groups excluding tert-OH is 1. The lowest BCUT2D eigenvalue weighted by molar-refractivity contribution is -0.0221. The van der Waals surface area contributed by atoms with Crippen molar-refractivity contribution < 1.29 is 23.1 Å². The van der Waals surface area contributed by atoms with Gasteiger partial charge < -0.3 is 24.9 Å². The molecule has 1 saturated carbocycles. The Morgan fingerprint density at radius 1 is 0.946 bits per heavy atom. The number of halogens is 3. The van der Waals surface area contributed by atoms with E-state index in [1.165, 1.54) is 30.9 Å². The number of anilines is 4. The third-order valence-corrected chi connectivity index (χ3v) is 8.58. The van der Waals surface area contributed by atoms with Crippen LogP contribution in [-0.2, 0) is 0 Å². The van der Waals surface area contributed by atoms with Gasteiger partial charge in [0.05, 0.1) is 29.2 Å². The number of hydrogen-bond donors (Lipinski definition) is 3. The molecular formula is C27H33F3N4O2S. The van der Waals surface area contributed by atoms with Crippen molar-refractivity contribution in [1.82, 2.24) is 0 Å². The van der Waals surface area contributed by atoms with Crippen molar-refractivity contribution in [3.63, 3.8) is 0 Å². The van der Waals surface area contributed by atoms with E-state index in [-0.39, 0.29) is 43.9 Å². The topological polar surface area (TPSA) is 67.8 Å². The Bertz CT molecular complexity index is 1120. The number of aliphatic hydroxyl groups is 1. The standard InChI is InChI=1S/C27H33F3N4O2S/c28-24-21(2-1-3-22(24)33-14-10-27(29,30)11-15-33)31-25(36)20-5-4-19(32-37-17-16-35)18-23(20)34-12-8-26(6-7-26)9-13-34/h1-5,18,32,35H,6-17H2,(H,31,36). The van der Waals surface area contributed by atoms with E-state index in [4.69, 9.17) is 5.11 Å². The molecule has 0 aromatic heterocycles. The quantitative estimate of drug-likeness (QED) is 0.296. The van der Waals surface area contributed by atoms with Gasteiger partial charge >= 0.3 is 0 Å². The smallest absolute Gasteiger partial charge is 0.257 e. The maximum absolute atomic E-state index is 15.4. The molecule has 0 atom stereocenters. The first-order valence-electron chi connectivity index (χ1n) is 12.9. The summed E-state index contributed by atoms with van der Waals surface area (Å²) < 4.78 is 45.8. The van der Waals surface area contributed by atoms with E-state index in [9.17, 15) is 13.6 Å². The van der Waals surface area contributed by atoms with Crippen LogP contribution in [0.5, 0.6) is 0 Å². The zero-order valence-electron chi connectivity index (χ0n) is 20.7. The number of hydrogen-bond acceptors (Lipinski definition) is 6. The summed E-state index contributed by atoms with van der Waals surface area (Å²) in [7, 11) is 0. The second-order valence-electron chi connectivity index (χ2n) is 10.3. The van der Waals surface area contributed by atoms with Crippen molar-refractivity contribution in [2.45, 2.75) is 44.4 Å². The van der Waals surface area contributed by atoms with E-state index >= 15 is 4.39 Å². The number of carbonyl (C=O) groups excluding carboxylic acids is 1. The molecule has 3 aliphatic rings. The van der Waals surface area contributed by atoms with Crippen molar-refractivity contribution in [3.05, 3.63) is 47.8 Å². The molecule has 5 rings (SSSR count). The highest BCUT2D eigenvalue weighted by Crippen LogP contribution is 2.54. The Morgan fingerprint density at radius 3 is 2.30 bits per heavy atom. The lowest BCUT2D eigenvalue weighted by atomic mass is 9.93. The molecule has 10 heteroatoms. The minimum absolute atomic E-state index is 0.0297. The largest absolute Gasteiger partial charge is 0.395 e. The van der Waals surface area contributed by atoms with Crippen LogP contribution in [0.25, 0.3) is 0 Å². The zero-order chi connectivity index (χ0) is 26.0. The van der Waals surface area contributed by atoms with E-state index in [1.54, 1.807) is 29.2 Å². The molecule has 0 unspecified atom stereocenters. The Labute approximate surface area is 219 Å². The van der Waals surface area contributed by atoms with E-state index in [0.717, 1.165) is 37.3 Å². The van der Waals surface area contributed by atoms with Crippen molar-refractivity contribution in [2.24, 2.45) is 5.41 Å². The molecule has 1 amide bonds. The summed E-state index contributed by atoms with van der Waals surface area (Å²) in [4.78, 5) is 17.3. The maximum Gasteiger partial charge on any atom is 0.257 e. The Balaban J connectivity index is 1.36. The summed E-state index contributed by atoms with van der Waals surface area (Å²) in [5, 5.41) is 11.8. The van der Waals surface area contributed by atoms with E-state index in [1.807, 2.05) is 6.07 Å². The third kappa shape index (κ3) is 5.95. The van der Waals surface area contributed by atoms with E-state index in [2.05, 4.69) is 14.9 Å². The molecule has 0 bridgehead atoms. The molecule has 3 fully saturated rings. The number of benzene rings is 2. The molecule has 200 valence electrons. The number of nitrogens with one attached hydrogen (secondary N) is 2. The summed E-state index contributed by atoms with van der Waals surface area (Å²) in [5.41, 5.74) is 2.80. The van der Waals surface area contributed by atoms with Crippen LogP contribution in [0.15, 0.2) is 36.4 Å². The predicted molar refractivity (Wildman–Crippen MR) is 143 cm³/mol. The summed E-state index contributed by atoms with van der Waals surface area (Å²) in [6.45, 7) is 1.90. The number of rotatable bonds is 8. The number of alkyl halides is 2. The molecule has 1 aliphatic carbocycles. The Hall–Kier alpha value is -2.59. The second-order valence-corrected chi connectivity index (χ2v) is 11.2. The fraction of sp³-hybridized carbons (Fsp3) is 0.519. The van der Waals surface area contributed by atoms with Crippen molar-refractivity contribution in [2.75, 3.05) is 58.4 Å². The van der Waals surface area contributed by atoms with Gasteiger partial charge in [0.25, 0.3) is 11.8 Å². The van der Waals surface area contributed by atoms with E-state index in [0.29, 0.717) is 16.7 Å². The third-order valence-electron chi connectivity index (χ3n) is 7.81. The van der Waals surface area contributed by atoms with Crippen LogP contribution in [0, 0.1) is 11.2 Å². The summed E-state index contributed by atoms with van der Waals surface area (Å²) in [6, 6.07) is 10.2. The Morgan fingerprint density at radius 2 is 1.62 bits per heavy atom. The van der Waals surface area contributed by atoms with Crippen molar-refractivity contribution in [1.29, 1.82) is 0 Å². The molecule has 3 N–H and O–H groups in total. The molecule has 2 saturated heterocycles. The summed E-state index contributed by atoms with van der Waals surface area (Å²) >= 11 is 1.38. The molecule has 37 heavy (non-hydrogen) atoms.